The molecule has 2 heterocycles. The molecular weight excluding hydrogens is 410 g/mol. The summed E-state index contributed by atoms with van der Waals surface area (Å²) < 4.78 is 11.4. The number of carbonyl (C=O) groups is 1. The molecule has 0 unspecified atom stereocenters. The minimum Gasteiger partial charge on any atom is -0.493 e. The molecule has 152 valence electrons. The Labute approximate surface area is 178 Å². The minimum absolute atomic E-state index is 0.281. The van der Waals surface area contributed by atoms with Crippen LogP contribution in [0.5, 0.6) is 11.5 Å². The molecule has 0 aliphatic heterocycles. The average Bonchev–Trinajstić information content (AvgIpc) is 3.24. The van der Waals surface area contributed by atoms with Gasteiger partial charge in [0, 0.05) is 24.2 Å². The Kier molecular flexibility index (Phi) is 6.95. The van der Waals surface area contributed by atoms with Crippen molar-refractivity contribution in [2.75, 3.05) is 18.6 Å². The number of nitrogens with two attached hydrogens (primary N) is 1. The van der Waals surface area contributed by atoms with Gasteiger partial charge in [0.05, 0.1) is 17.7 Å². The van der Waals surface area contributed by atoms with Gasteiger partial charge in [0.1, 0.15) is 12.4 Å². The Morgan fingerprint density at radius 1 is 1.28 bits per heavy atom. The van der Waals surface area contributed by atoms with Crippen LogP contribution < -0.4 is 20.1 Å². The number of pyridine rings is 1. The molecule has 6 nitrogen and oxygen atoms in total. The first kappa shape index (κ1) is 21.0. The van der Waals surface area contributed by atoms with Crippen LogP contribution in [-0.2, 0) is 13.2 Å². The number of hydrogen-bond acceptors (Lipinski definition) is 6. The molecule has 0 radical (unpaired) electrons. The molecule has 0 spiro atoms. The minimum atomic E-state index is -0.558. The van der Waals surface area contributed by atoms with Crippen molar-refractivity contribution in [3.63, 3.8) is 0 Å². The second-order valence-corrected chi connectivity index (χ2v) is 7.70. The summed E-state index contributed by atoms with van der Waals surface area (Å²) in [5, 5.41) is 2.40. The first-order chi connectivity index (χ1) is 14.0. The number of nitrogens with zero attached hydrogens (tertiary/aromatic N) is 2. The fourth-order valence-electron chi connectivity index (χ4n) is 2.83. The van der Waals surface area contributed by atoms with Crippen LogP contribution in [0.1, 0.15) is 27.7 Å². The Bertz CT molecular complexity index is 979. The van der Waals surface area contributed by atoms with Crippen LogP contribution in [0.3, 0.4) is 0 Å². The van der Waals surface area contributed by atoms with Crippen LogP contribution in [-0.4, -0.2) is 24.5 Å². The van der Waals surface area contributed by atoms with E-state index in [1.54, 1.807) is 18.4 Å². The summed E-state index contributed by atoms with van der Waals surface area (Å²) in [7, 11) is 1.62. The van der Waals surface area contributed by atoms with E-state index in [-0.39, 0.29) is 5.56 Å². The van der Waals surface area contributed by atoms with Gasteiger partial charge in [0.15, 0.2) is 11.5 Å². The largest absolute Gasteiger partial charge is 0.493 e. The number of ether oxygens (including phenoxy) is 2. The predicted molar refractivity (Wildman–Crippen MR) is 116 cm³/mol. The number of anilines is 1. The highest BCUT2D eigenvalue weighted by atomic mass is 35.5. The smallest absolute Gasteiger partial charge is 0.250 e. The molecule has 29 heavy (non-hydrogen) atoms. The van der Waals surface area contributed by atoms with E-state index < -0.39 is 5.91 Å². The lowest BCUT2D eigenvalue weighted by Gasteiger charge is -2.23. The number of carbonyl (C=O) groups excluding carboxylic acids is 1. The normalized spacial score (nSPS) is 10.6. The Balaban J connectivity index is 1.76. The zero-order valence-corrected chi connectivity index (χ0v) is 17.8. The summed E-state index contributed by atoms with van der Waals surface area (Å²) in [6.45, 7) is 3.76. The summed E-state index contributed by atoms with van der Waals surface area (Å²) in [4.78, 5) is 18.8. The number of methoxy groups -OCH3 is 1. The SMILES string of the molecule is CCN(Cc1ccc(OCc2cccs2)c(OC)c1)c1ncc(C(N)=O)cc1Cl. The fourth-order valence-corrected chi connectivity index (χ4v) is 3.73. The molecule has 0 saturated carbocycles. The quantitative estimate of drug-likeness (QED) is 0.539. The highest BCUT2D eigenvalue weighted by Gasteiger charge is 2.15. The van der Waals surface area contributed by atoms with E-state index >= 15 is 0 Å². The summed E-state index contributed by atoms with van der Waals surface area (Å²) in [6, 6.07) is 11.4. The lowest BCUT2D eigenvalue weighted by atomic mass is 10.1. The summed E-state index contributed by atoms with van der Waals surface area (Å²) >= 11 is 7.98. The summed E-state index contributed by atoms with van der Waals surface area (Å²) in [5.74, 6) is 1.39. The van der Waals surface area contributed by atoms with Gasteiger partial charge in [-0.1, -0.05) is 23.7 Å². The second-order valence-electron chi connectivity index (χ2n) is 6.26. The molecule has 0 fully saturated rings. The van der Waals surface area contributed by atoms with Crippen LogP contribution in [0, 0.1) is 0 Å². The van der Waals surface area contributed by atoms with Crippen LogP contribution in [0.2, 0.25) is 5.02 Å². The van der Waals surface area contributed by atoms with E-state index in [9.17, 15) is 4.79 Å². The standard InChI is InChI=1S/C21H22ClN3O3S/c1-3-25(21-17(22)10-15(11-24-21)20(23)26)12-14-6-7-18(19(9-14)27-2)28-13-16-5-4-8-29-16/h4-11H,3,12-13H2,1-2H3,(H2,23,26). The van der Waals surface area contributed by atoms with Crippen LogP contribution in [0.25, 0.3) is 0 Å². The van der Waals surface area contributed by atoms with E-state index in [1.165, 1.54) is 12.3 Å². The Morgan fingerprint density at radius 3 is 2.72 bits per heavy atom. The second kappa shape index (κ2) is 9.62. The van der Waals surface area contributed by atoms with E-state index in [2.05, 4.69) is 4.98 Å². The van der Waals surface area contributed by atoms with Crippen molar-refractivity contribution in [1.29, 1.82) is 0 Å². The lowest BCUT2D eigenvalue weighted by Crippen LogP contribution is -2.24. The van der Waals surface area contributed by atoms with Crippen molar-refractivity contribution in [2.24, 2.45) is 5.73 Å². The number of aromatic nitrogens is 1. The van der Waals surface area contributed by atoms with Gasteiger partial charge in [0.25, 0.3) is 0 Å². The molecular formula is C21H22ClN3O3S. The third kappa shape index (κ3) is 5.19. The van der Waals surface area contributed by atoms with Crippen molar-refractivity contribution in [2.45, 2.75) is 20.1 Å². The van der Waals surface area contributed by atoms with Crippen molar-refractivity contribution in [3.8, 4) is 11.5 Å². The Morgan fingerprint density at radius 2 is 2.10 bits per heavy atom. The molecule has 1 aromatic carbocycles. The molecule has 1 amide bonds. The first-order valence-corrected chi connectivity index (χ1v) is 10.3. The van der Waals surface area contributed by atoms with Gasteiger partial charge in [-0.15, -0.1) is 11.3 Å². The van der Waals surface area contributed by atoms with E-state index in [1.807, 2.05) is 47.5 Å². The number of thiophene rings is 1. The molecule has 3 rings (SSSR count). The van der Waals surface area contributed by atoms with Gasteiger partial charge < -0.3 is 20.1 Å². The summed E-state index contributed by atoms with van der Waals surface area (Å²) in [5.41, 5.74) is 6.59. The zero-order chi connectivity index (χ0) is 20.8. The number of amides is 1. The van der Waals surface area contributed by atoms with E-state index in [4.69, 9.17) is 26.8 Å². The monoisotopic (exact) mass is 431 g/mol. The molecule has 0 bridgehead atoms. The maximum absolute atomic E-state index is 11.3. The summed E-state index contributed by atoms with van der Waals surface area (Å²) in [6.07, 6.45) is 1.44. The van der Waals surface area contributed by atoms with Crippen LogP contribution in [0.15, 0.2) is 48.0 Å². The fraction of sp³-hybridized carbons (Fsp3) is 0.238. The van der Waals surface area contributed by atoms with Gasteiger partial charge in [-0.3, -0.25) is 4.79 Å². The molecule has 0 saturated heterocycles. The van der Waals surface area contributed by atoms with Gasteiger partial charge in [-0.25, -0.2) is 4.98 Å². The maximum Gasteiger partial charge on any atom is 0.250 e. The molecule has 0 aliphatic carbocycles. The van der Waals surface area contributed by atoms with Gasteiger partial charge in [0.2, 0.25) is 5.91 Å². The molecule has 3 aromatic rings. The van der Waals surface area contributed by atoms with Gasteiger partial charge in [-0.2, -0.15) is 0 Å². The first-order valence-electron chi connectivity index (χ1n) is 9.04. The van der Waals surface area contributed by atoms with Crippen LogP contribution in [0.4, 0.5) is 5.82 Å². The topological polar surface area (TPSA) is 77.7 Å². The number of benzene rings is 1. The van der Waals surface area contributed by atoms with Gasteiger partial charge in [-0.05, 0) is 42.1 Å². The molecule has 0 aliphatic rings. The molecule has 2 N–H and O–H groups in total. The van der Waals surface area contributed by atoms with Gasteiger partial charge >= 0.3 is 0 Å². The highest BCUT2D eigenvalue weighted by Crippen LogP contribution is 2.31. The van der Waals surface area contributed by atoms with Crippen molar-refractivity contribution < 1.29 is 14.3 Å². The molecule has 8 heteroatoms. The van der Waals surface area contributed by atoms with Crippen LogP contribution >= 0.6 is 22.9 Å². The van der Waals surface area contributed by atoms with E-state index in [0.717, 1.165) is 10.4 Å². The molecule has 0 atom stereocenters. The third-order valence-electron chi connectivity index (χ3n) is 4.34. The van der Waals surface area contributed by atoms with Crippen molar-refractivity contribution >= 4 is 34.7 Å². The zero-order valence-electron chi connectivity index (χ0n) is 16.2. The molecule has 2 aromatic heterocycles. The Hall–Kier alpha value is -2.77. The van der Waals surface area contributed by atoms with Crippen molar-refractivity contribution in [1.82, 2.24) is 4.98 Å². The average molecular weight is 432 g/mol. The van der Waals surface area contributed by atoms with Crippen molar-refractivity contribution in [3.05, 3.63) is 69.0 Å². The number of halogens is 1. The van der Waals surface area contributed by atoms with E-state index in [0.29, 0.717) is 42.0 Å². The number of rotatable bonds is 9. The third-order valence-corrected chi connectivity index (χ3v) is 5.47. The number of hydrogen-bond donors (Lipinski definition) is 1. The highest BCUT2D eigenvalue weighted by molar-refractivity contribution is 7.09. The maximum atomic E-state index is 11.3. The predicted octanol–water partition coefficient (Wildman–Crippen LogP) is 4.51. The number of primary amides is 1. The lowest BCUT2D eigenvalue weighted by molar-refractivity contribution is 0.1000.